The molecule has 1 aliphatic rings. The van der Waals surface area contributed by atoms with Crippen molar-refractivity contribution in [2.24, 2.45) is 5.92 Å². The van der Waals surface area contributed by atoms with Crippen LogP contribution in [0.4, 0.5) is 11.4 Å². The number of carbonyl (C=O) groups is 1. The third-order valence-corrected chi connectivity index (χ3v) is 4.63. The molecule has 1 fully saturated rings. The Morgan fingerprint density at radius 3 is 2.50 bits per heavy atom. The Hall–Kier alpha value is -1.37. The number of piperazine rings is 1. The lowest BCUT2D eigenvalue weighted by Gasteiger charge is -2.36. The quantitative estimate of drug-likeness (QED) is 0.800. The van der Waals surface area contributed by atoms with Gasteiger partial charge in [-0.2, -0.15) is 0 Å². The molecule has 0 bridgehead atoms. The zero-order valence-corrected chi connectivity index (χ0v) is 16.0. The lowest BCUT2D eigenvalue weighted by molar-refractivity contribution is -0.122. The third kappa shape index (κ3) is 5.06. The van der Waals surface area contributed by atoms with E-state index >= 15 is 0 Å². The molecule has 24 heavy (non-hydrogen) atoms. The van der Waals surface area contributed by atoms with Gasteiger partial charge in [-0.1, -0.05) is 32.4 Å². The minimum absolute atomic E-state index is 0.107. The monoisotopic (exact) mass is 368 g/mol. The van der Waals surface area contributed by atoms with Crippen molar-refractivity contribution in [1.29, 1.82) is 0 Å². The molecule has 0 unspecified atom stereocenters. The molecule has 2 rings (SSSR count). The van der Waals surface area contributed by atoms with Crippen molar-refractivity contribution in [2.45, 2.75) is 20.8 Å². The van der Waals surface area contributed by atoms with Crippen LogP contribution < -0.4 is 15.5 Å². The molecule has 1 aliphatic heterocycles. The Kier molecular flexibility index (Phi) is 6.83. The Morgan fingerprint density at radius 2 is 1.96 bits per heavy atom. The van der Waals surface area contributed by atoms with Gasteiger partial charge in [0.05, 0.1) is 10.7 Å². The Bertz CT molecular complexity index is 600. The fourth-order valence-corrected chi connectivity index (χ4v) is 3.08. The van der Waals surface area contributed by atoms with Gasteiger partial charge in [-0.15, -0.1) is 0 Å². The van der Waals surface area contributed by atoms with Crippen LogP contribution in [0.15, 0.2) is 18.2 Å². The highest BCUT2D eigenvalue weighted by Crippen LogP contribution is 2.29. The predicted molar refractivity (Wildman–Crippen MR) is 105 cm³/mol. The van der Waals surface area contributed by atoms with Crippen LogP contribution in [0.1, 0.15) is 20.8 Å². The van der Waals surface area contributed by atoms with Gasteiger partial charge in [-0.3, -0.25) is 4.79 Å². The van der Waals surface area contributed by atoms with E-state index in [0.29, 0.717) is 5.02 Å². The fourth-order valence-electron chi connectivity index (χ4n) is 2.56. The number of carbonyl (C=O) groups excluding carboxylic acids is 1. The average molecular weight is 369 g/mol. The van der Waals surface area contributed by atoms with Crippen LogP contribution in [0.5, 0.6) is 0 Å². The zero-order chi connectivity index (χ0) is 17.7. The molecule has 1 saturated heterocycles. The van der Waals surface area contributed by atoms with Crippen LogP contribution in [0.2, 0.25) is 5.02 Å². The molecular weight excluding hydrogens is 344 g/mol. The molecule has 0 aliphatic carbocycles. The van der Waals surface area contributed by atoms with Gasteiger partial charge >= 0.3 is 0 Å². The zero-order valence-electron chi connectivity index (χ0n) is 14.4. The van der Waals surface area contributed by atoms with Crippen molar-refractivity contribution in [3.8, 4) is 0 Å². The number of hydrogen-bond donors (Lipinski definition) is 2. The first-order valence-electron chi connectivity index (χ1n) is 8.29. The highest BCUT2D eigenvalue weighted by Gasteiger charge is 2.18. The first-order chi connectivity index (χ1) is 11.4. The maximum absolute atomic E-state index is 11.6. The number of benzene rings is 1. The minimum atomic E-state index is -0.113. The van der Waals surface area contributed by atoms with Crippen molar-refractivity contribution in [1.82, 2.24) is 10.2 Å². The van der Waals surface area contributed by atoms with Crippen LogP contribution >= 0.6 is 23.8 Å². The smallest absolute Gasteiger partial charge is 0.228 e. The second-order valence-electron chi connectivity index (χ2n) is 6.19. The lowest BCUT2D eigenvalue weighted by atomic mass is 10.2. The van der Waals surface area contributed by atoms with Gasteiger partial charge < -0.3 is 20.4 Å². The molecule has 1 aromatic carbocycles. The van der Waals surface area contributed by atoms with E-state index in [1.807, 2.05) is 32.0 Å². The molecule has 0 radical (unpaired) electrons. The number of likely N-dealkylation sites (N-methyl/N-ethyl adjacent to an activating group) is 1. The summed E-state index contributed by atoms with van der Waals surface area (Å²) in [4.78, 5) is 16.4. The molecule has 0 aromatic heterocycles. The second kappa shape index (κ2) is 8.65. The first-order valence-corrected chi connectivity index (χ1v) is 9.08. The van der Waals surface area contributed by atoms with Crippen LogP contribution in [-0.2, 0) is 4.79 Å². The van der Waals surface area contributed by atoms with E-state index in [9.17, 15) is 4.79 Å². The summed E-state index contributed by atoms with van der Waals surface area (Å²) in [7, 11) is 0. The van der Waals surface area contributed by atoms with Crippen molar-refractivity contribution in [3.63, 3.8) is 0 Å². The van der Waals surface area contributed by atoms with E-state index in [-0.39, 0.29) is 16.9 Å². The molecule has 1 amide bonds. The summed E-state index contributed by atoms with van der Waals surface area (Å²) in [5.74, 6) is -0.221. The number of hydrogen-bond acceptors (Lipinski definition) is 4. The Labute approximate surface area is 154 Å². The SMILES string of the molecule is CCN1CCN(c2ccc(NC(=S)NC(=O)C(C)C)cc2Cl)CC1. The third-order valence-electron chi connectivity index (χ3n) is 4.13. The number of halogens is 1. The molecule has 7 heteroatoms. The van der Waals surface area contributed by atoms with Crippen LogP contribution in [0, 0.1) is 5.92 Å². The summed E-state index contributed by atoms with van der Waals surface area (Å²) in [6.45, 7) is 11.0. The topological polar surface area (TPSA) is 47.6 Å². The van der Waals surface area contributed by atoms with Crippen molar-refractivity contribution in [2.75, 3.05) is 42.9 Å². The van der Waals surface area contributed by atoms with E-state index in [1.165, 1.54) is 0 Å². The van der Waals surface area contributed by atoms with E-state index in [4.69, 9.17) is 23.8 Å². The molecule has 0 atom stereocenters. The number of nitrogens with zero attached hydrogens (tertiary/aromatic N) is 2. The Morgan fingerprint density at radius 1 is 1.29 bits per heavy atom. The standard InChI is InChI=1S/C17H25ClN4OS/c1-4-21-7-9-22(10-8-21)15-6-5-13(11-14(15)18)19-17(24)20-16(23)12(2)3/h5-6,11-12H,4,7-10H2,1-3H3,(H2,19,20,23,24). The average Bonchev–Trinajstić information content (AvgIpc) is 2.55. The van der Waals surface area contributed by atoms with E-state index < -0.39 is 0 Å². The molecule has 1 heterocycles. The molecule has 2 N–H and O–H groups in total. The van der Waals surface area contributed by atoms with Gasteiger partial charge in [-0.25, -0.2) is 0 Å². The van der Waals surface area contributed by atoms with E-state index in [0.717, 1.165) is 44.1 Å². The summed E-state index contributed by atoms with van der Waals surface area (Å²) in [5, 5.41) is 6.63. The number of amides is 1. The molecule has 0 spiro atoms. The number of thiocarbonyl (C=S) groups is 1. The summed E-state index contributed by atoms with van der Waals surface area (Å²) in [6, 6.07) is 5.78. The largest absolute Gasteiger partial charge is 0.368 e. The van der Waals surface area contributed by atoms with Gasteiger partial charge in [0.15, 0.2) is 5.11 Å². The molecule has 132 valence electrons. The van der Waals surface area contributed by atoms with E-state index in [1.54, 1.807) is 0 Å². The van der Waals surface area contributed by atoms with Gasteiger partial charge in [0.2, 0.25) is 5.91 Å². The van der Waals surface area contributed by atoms with Crippen LogP contribution in [-0.4, -0.2) is 48.6 Å². The Balaban J connectivity index is 1.97. The van der Waals surface area contributed by atoms with Gasteiger partial charge in [0, 0.05) is 37.8 Å². The highest BCUT2D eigenvalue weighted by molar-refractivity contribution is 7.80. The van der Waals surface area contributed by atoms with Crippen LogP contribution in [0.3, 0.4) is 0 Å². The van der Waals surface area contributed by atoms with Crippen molar-refractivity contribution >= 4 is 46.2 Å². The number of nitrogens with one attached hydrogen (secondary N) is 2. The summed E-state index contributed by atoms with van der Waals surface area (Å²) >= 11 is 11.6. The first kappa shape index (κ1) is 19.0. The predicted octanol–water partition coefficient (Wildman–Crippen LogP) is 2.95. The maximum Gasteiger partial charge on any atom is 0.228 e. The summed E-state index contributed by atoms with van der Waals surface area (Å²) in [6.07, 6.45) is 0. The molecular formula is C17H25ClN4OS. The summed E-state index contributed by atoms with van der Waals surface area (Å²) in [5.41, 5.74) is 1.81. The highest BCUT2D eigenvalue weighted by atomic mass is 35.5. The van der Waals surface area contributed by atoms with E-state index in [2.05, 4.69) is 27.4 Å². The van der Waals surface area contributed by atoms with Crippen molar-refractivity contribution < 1.29 is 4.79 Å². The van der Waals surface area contributed by atoms with Crippen LogP contribution in [0.25, 0.3) is 0 Å². The molecule has 1 aromatic rings. The fraction of sp³-hybridized carbons (Fsp3) is 0.529. The van der Waals surface area contributed by atoms with Gasteiger partial charge in [0.25, 0.3) is 0 Å². The normalized spacial score (nSPS) is 15.5. The number of rotatable bonds is 4. The molecule has 0 saturated carbocycles. The lowest BCUT2D eigenvalue weighted by Crippen LogP contribution is -2.46. The van der Waals surface area contributed by atoms with Crippen molar-refractivity contribution in [3.05, 3.63) is 23.2 Å². The van der Waals surface area contributed by atoms with Gasteiger partial charge in [0.1, 0.15) is 0 Å². The molecule has 5 nitrogen and oxygen atoms in total. The van der Waals surface area contributed by atoms with Gasteiger partial charge in [-0.05, 0) is 37.0 Å². The summed E-state index contributed by atoms with van der Waals surface area (Å²) < 4.78 is 0. The number of anilines is 2. The minimum Gasteiger partial charge on any atom is -0.368 e. The maximum atomic E-state index is 11.6. The second-order valence-corrected chi connectivity index (χ2v) is 7.00.